The maximum atomic E-state index is 11.8. The Morgan fingerprint density at radius 3 is 2.88 bits per heavy atom. The number of hydrogen-bond donors (Lipinski definition) is 2. The van der Waals surface area contributed by atoms with Crippen molar-refractivity contribution in [3.63, 3.8) is 0 Å². The van der Waals surface area contributed by atoms with Crippen molar-refractivity contribution in [1.29, 1.82) is 0 Å². The van der Waals surface area contributed by atoms with Crippen molar-refractivity contribution < 1.29 is 9.53 Å². The summed E-state index contributed by atoms with van der Waals surface area (Å²) >= 11 is 0. The predicted molar refractivity (Wildman–Crippen MR) is 68.9 cm³/mol. The molecule has 17 heavy (non-hydrogen) atoms. The molecule has 1 aliphatic rings. The third kappa shape index (κ3) is 6.03. The summed E-state index contributed by atoms with van der Waals surface area (Å²) in [5.41, 5.74) is 0. The zero-order valence-corrected chi connectivity index (χ0v) is 11.1. The first-order valence-electron chi connectivity index (χ1n) is 6.83. The van der Waals surface area contributed by atoms with E-state index in [2.05, 4.69) is 24.5 Å². The van der Waals surface area contributed by atoms with Gasteiger partial charge in [0.25, 0.3) is 0 Å². The molecule has 1 saturated heterocycles. The van der Waals surface area contributed by atoms with Crippen LogP contribution >= 0.6 is 0 Å². The molecule has 4 nitrogen and oxygen atoms in total. The second-order valence-electron chi connectivity index (χ2n) is 4.84. The molecule has 1 heterocycles. The van der Waals surface area contributed by atoms with Crippen molar-refractivity contribution in [1.82, 2.24) is 10.6 Å². The van der Waals surface area contributed by atoms with E-state index in [0.29, 0.717) is 6.04 Å². The number of carbonyl (C=O) groups is 1. The fourth-order valence-electron chi connectivity index (χ4n) is 2.00. The minimum absolute atomic E-state index is 0.155. The van der Waals surface area contributed by atoms with E-state index < -0.39 is 0 Å². The molecular weight excluding hydrogens is 216 g/mol. The van der Waals surface area contributed by atoms with Crippen molar-refractivity contribution in [3.8, 4) is 0 Å². The lowest BCUT2D eigenvalue weighted by Crippen LogP contribution is -2.44. The van der Waals surface area contributed by atoms with Crippen LogP contribution in [0, 0.1) is 5.92 Å². The third-order valence-corrected chi connectivity index (χ3v) is 3.14. The maximum Gasteiger partial charge on any atom is 0.224 e. The van der Waals surface area contributed by atoms with Crippen molar-refractivity contribution in [2.75, 3.05) is 26.3 Å². The number of carbonyl (C=O) groups excluding carboxylic acids is 1. The standard InChI is InChI=1S/C13H26N2O2/c1-3-8-17-9-4-7-14-13(16)12-6-5-11(2)15-10-12/h11-12,15H,3-10H2,1-2H3,(H,14,16). The van der Waals surface area contributed by atoms with Crippen LogP contribution < -0.4 is 10.6 Å². The van der Waals surface area contributed by atoms with Crippen LogP contribution in [0.1, 0.15) is 39.5 Å². The summed E-state index contributed by atoms with van der Waals surface area (Å²) in [5, 5.41) is 6.33. The van der Waals surface area contributed by atoms with Crippen LogP contribution in [0.3, 0.4) is 0 Å². The third-order valence-electron chi connectivity index (χ3n) is 3.14. The Bertz CT molecular complexity index is 213. The normalized spacial score (nSPS) is 24.6. The highest BCUT2D eigenvalue weighted by Gasteiger charge is 2.23. The summed E-state index contributed by atoms with van der Waals surface area (Å²) in [6.07, 6.45) is 4.06. The number of ether oxygens (including phenoxy) is 1. The molecule has 1 amide bonds. The molecule has 0 aliphatic carbocycles. The fraction of sp³-hybridized carbons (Fsp3) is 0.923. The van der Waals surface area contributed by atoms with E-state index in [9.17, 15) is 4.79 Å². The quantitative estimate of drug-likeness (QED) is 0.662. The fourth-order valence-corrected chi connectivity index (χ4v) is 2.00. The first-order chi connectivity index (χ1) is 8.24. The van der Waals surface area contributed by atoms with Gasteiger partial charge in [0.05, 0.1) is 5.92 Å². The van der Waals surface area contributed by atoms with Gasteiger partial charge in [-0.3, -0.25) is 4.79 Å². The van der Waals surface area contributed by atoms with E-state index in [1.807, 2.05) is 0 Å². The first kappa shape index (κ1) is 14.5. The van der Waals surface area contributed by atoms with Crippen molar-refractivity contribution in [3.05, 3.63) is 0 Å². The van der Waals surface area contributed by atoms with Gasteiger partial charge in [-0.1, -0.05) is 6.92 Å². The molecule has 0 saturated carbocycles. The SMILES string of the molecule is CCCOCCCNC(=O)C1CCC(C)NC1. The van der Waals surface area contributed by atoms with Crippen LogP contribution in [-0.4, -0.2) is 38.3 Å². The molecule has 0 aromatic heterocycles. The van der Waals surface area contributed by atoms with Gasteiger partial charge in [0.15, 0.2) is 0 Å². The highest BCUT2D eigenvalue weighted by Crippen LogP contribution is 2.13. The Kier molecular flexibility index (Phi) is 7.21. The van der Waals surface area contributed by atoms with Gasteiger partial charge in [-0.05, 0) is 32.6 Å². The van der Waals surface area contributed by atoms with E-state index >= 15 is 0 Å². The minimum Gasteiger partial charge on any atom is -0.381 e. The molecule has 2 N–H and O–H groups in total. The summed E-state index contributed by atoms with van der Waals surface area (Å²) < 4.78 is 5.36. The summed E-state index contributed by atoms with van der Waals surface area (Å²) in [7, 11) is 0. The van der Waals surface area contributed by atoms with Gasteiger partial charge in [0, 0.05) is 32.3 Å². The number of piperidine rings is 1. The molecule has 100 valence electrons. The molecular formula is C13H26N2O2. The second-order valence-corrected chi connectivity index (χ2v) is 4.84. The average molecular weight is 242 g/mol. The van der Waals surface area contributed by atoms with Crippen LogP contribution in [0.25, 0.3) is 0 Å². The Balaban J connectivity index is 2.01. The maximum absolute atomic E-state index is 11.8. The van der Waals surface area contributed by atoms with Gasteiger partial charge in [0.1, 0.15) is 0 Å². The summed E-state index contributed by atoms with van der Waals surface area (Å²) in [5.74, 6) is 0.350. The first-order valence-corrected chi connectivity index (χ1v) is 6.83. The highest BCUT2D eigenvalue weighted by atomic mass is 16.5. The molecule has 2 atom stereocenters. The van der Waals surface area contributed by atoms with Crippen LogP contribution in [0.4, 0.5) is 0 Å². The van der Waals surface area contributed by atoms with E-state index in [1.54, 1.807) is 0 Å². The Labute approximate surface area is 104 Å². The number of amides is 1. The number of hydrogen-bond acceptors (Lipinski definition) is 3. The summed E-state index contributed by atoms with van der Waals surface area (Å²) in [6.45, 7) is 7.37. The number of nitrogens with one attached hydrogen (secondary N) is 2. The number of rotatable bonds is 7. The smallest absolute Gasteiger partial charge is 0.224 e. The average Bonchev–Trinajstić information content (AvgIpc) is 2.34. The van der Waals surface area contributed by atoms with Crippen molar-refractivity contribution >= 4 is 5.91 Å². The largest absolute Gasteiger partial charge is 0.381 e. The van der Waals surface area contributed by atoms with Crippen LogP contribution in [-0.2, 0) is 9.53 Å². The van der Waals surface area contributed by atoms with Gasteiger partial charge in [-0.2, -0.15) is 0 Å². The minimum atomic E-state index is 0.155. The molecule has 0 aromatic carbocycles. The van der Waals surface area contributed by atoms with Crippen LogP contribution in [0.5, 0.6) is 0 Å². The van der Waals surface area contributed by atoms with Gasteiger partial charge in [-0.25, -0.2) is 0 Å². The Morgan fingerprint density at radius 1 is 1.41 bits per heavy atom. The predicted octanol–water partition coefficient (Wildman–Crippen LogP) is 1.31. The zero-order valence-electron chi connectivity index (χ0n) is 11.1. The van der Waals surface area contributed by atoms with Gasteiger partial charge in [-0.15, -0.1) is 0 Å². The Hall–Kier alpha value is -0.610. The second kappa shape index (κ2) is 8.48. The van der Waals surface area contributed by atoms with Crippen LogP contribution in [0.15, 0.2) is 0 Å². The molecule has 2 unspecified atom stereocenters. The molecule has 0 radical (unpaired) electrons. The lowest BCUT2D eigenvalue weighted by atomic mass is 9.95. The summed E-state index contributed by atoms with van der Waals surface area (Å²) in [4.78, 5) is 11.8. The lowest BCUT2D eigenvalue weighted by Gasteiger charge is -2.26. The molecule has 4 heteroatoms. The van der Waals surface area contributed by atoms with E-state index in [0.717, 1.165) is 52.0 Å². The molecule has 0 spiro atoms. The summed E-state index contributed by atoms with van der Waals surface area (Å²) in [6, 6.07) is 0.557. The van der Waals surface area contributed by atoms with Crippen LogP contribution in [0.2, 0.25) is 0 Å². The lowest BCUT2D eigenvalue weighted by molar-refractivity contribution is -0.125. The van der Waals surface area contributed by atoms with Gasteiger partial charge < -0.3 is 15.4 Å². The molecule has 0 aromatic rings. The van der Waals surface area contributed by atoms with Gasteiger partial charge >= 0.3 is 0 Å². The molecule has 1 fully saturated rings. The highest BCUT2D eigenvalue weighted by molar-refractivity contribution is 5.78. The van der Waals surface area contributed by atoms with E-state index in [-0.39, 0.29) is 11.8 Å². The van der Waals surface area contributed by atoms with Crippen molar-refractivity contribution in [2.45, 2.75) is 45.6 Å². The Morgan fingerprint density at radius 2 is 2.24 bits per heavy atom. The molecule has 0 bridgehead atoms. The monoisotopic (exact) mass is 242 g/mol. The van der Waals surface area contributed by atoms with Gasteiger partial charge in [0.2, 0.25) is 5.91 Å². The van der Waals surface area contributed by atoms with Crippen molar-refractivity contribution in [2.24, 2.45) is 5.92 Å². The molecule has 1 rings (SSSR count). The van der Waals surface area contributed by atoms with E-state index in [4.69, 9.17) is 4.74 Å². The molecule has 1 aliphatic heterocycles. The zero-order chi connectivity index (χ0) is 12.5. The topological polar surface area (TPSA) is 50.4 Å². The van der Waals surface area contributed by atoms with E-state index in [1.165, 1.54) is 0 Å².